The number of benzene rings is 2. The Bertz CT molecular complexity index is 1550. The van der Waals surface area contributed by atoms with Crippen LogP contribution in [0, 0.1) is 0 Å². The number of rotatable bonds is 1. The number of nitrogens with one attached hydrogen (secondary N) is 1. The zero-order chi connectivity index (χ0) is 22.4. The number of fused-ring (bicyclic) bond motifs is 5. The van der Waals surface area contributed by atoms with Crippen LogP contribution in [0.15, 0.2) is 54.1 Å². The summed E-state index contributed by atoms with van der Waals surface area (Å²) in [5.74, 6) is -0.845. The Hall–Kier alpha value is -3.29. The fourth-order valence-electron chi connectivity index (χ4n) is 4.85. The summed E-state index contributed by atoms with van der Waals surface area (Å²) in [6.45, 7) is 4.46. The van der Waals surface area contributed by atoms with Crippen LogP contribution < -0.4 is 5.32 Å². The molecule has 4 heterocycles. The first kappa shape index (κ1) is 19.4. The summed E-state index contributed by atoms with van der Waals surface area (Å²) < 4.78 is 2.33. The van der Waals surface area contributed by atoms with E-state index in [2.05, 4.69) is 72.3 Å². The molecule has 7 heteroatoms. The van der Waals surface area contributed by atoms with Crippen LogP contribution in [-0.2, 0) is 15.0 Å². The van der Waals surface area contributed by atoms with Gasteiger partial charge in [0.15, 0.2) is 5.11 Å². The fourth-order valence-corrected chi connectivity index (χ4v) is 6.31. The summed E-state index contributed by atoms with van der Waals surface area (Å²) >= 11 is 6.65. The molecule has 0 atom stereocenters. The van der Waals surface area contributed by atoms with Gasteiger partial charge in [0.05, 0.1) is 11.0 Å². The minimum Gasteiger partial charge on any atom is -0.300 e. The standard InChI is InChI=1S/C25H19N3O2S2/c1-25(2)17-9-6-8-15-14-7-4-5-10-19(14)28(20(15)17)23-18(25)12-13(32-23)11-16-21(29)26-24(31)27(3)22(16)30/h4-12H,1-3H3,(H,26,29,31)/b16-11+. The highest BCUT2D eigenvalue weighted by Crippen LogP contribution is 2.50. The van der Waals surface area contributed by atoms with Gasteiger partial charge >= 0.3 is 0 Å². The molecule has 2 aromatic heterocycles. The second kappa shape index (κ2) is 6.37. The van der Waals surface area contributed by atoms with E-state index in [-0.39, 0.29) is 22.0 Å². The van der Waals surface area contributed by atoms with Crippen molar-refractivity contribution in [3.8, 4) is 5.00 Å². The number of hydrogen-bond donors (Lipinski definition) is 1. The second-order valence-corrected chi connectivity index (χ2v) is 10.2. The van der Waals surface area contributed by atoms with Gasteiger partial charge in [-0.15, -0.1) is 11.3 Å². The van der Waals surface area contributed by atoms with Crippen LogP contribution in [0.25, 0.3) is 32.9 Å². The average molecular weight is 458 g/mol. The van der Waals surface area contributed by atoms with Gasteiger partial charge in [-0.05, 0) is 41.6 Å². The largest absolute Gasteiger partial charge is 0.300 e. The zero-order valence-corrected chi connectivity index (χ0v) is 19.4. The lowest BCUT2D eigenvalue weighted by Crippen LogP contribution is -2.52. The molecule has 4 aromatic rings. The van der Waals surface area contributed by atoms with Crippen LogP contribution in [-0.4, -0.2) is 33.4 Å². The first-order valence-corrected chi connectivity index (χ1v) is 11.5. The Labute approximate surface area is 193 Å². The van der Waals surface area contributed by atoms with Crippen LogP contribution in [0.1, 0.15) is 29.9 Å². The number of carbonyl (C=O) groups is 2. The number of hydrogen-bond acceptors (Lipinski definition) is 4. The van der Waals surface area contributed by atoms with Gasteiger partial charge in [0.1, 0.15) is 10.6 Å². The average Bonchev–Trinajstić information content (AvgIpc) is 3.34. The van der Waals surface area contributed by atoms with Crippen LogP contribution in [0.2, 0.25) is 0 Å². The molecule has 0 bridgehead atoms. The number of nitrogens with zero attached hydrogens (tertiary/aromatic N) is 2. The highest BCUT2D eigenvalue weighted by atomic mass is 32.1. The van der Waals surface area contributed by atoms with Crippen molar-refractivity contribution in [2.45, 2.75) is 19.3 Å². The quantitative estimate of drug-likeness (QED) is 0.255. The maximum Gasteiger partial charge on any atom is 0.265 e. The molecule has 1 fully saturated rings. The summed E-state index contributed by atoms with van der Waals surface area (Å²) in [4.78, 5) is 27.3. The third kappa shape index (κ3) is 2.40. The highest BCUT2D eigenvalue weighted by Gasteiger charge is 2.37. The van der Waals surface area contributed by atoms with Gasteiger partial charge in [-0.3, -0.25) is 19.8 Å². The SMILES string of the molecule is CN1C(=O)/C(=C/c2cc3c(s2)-n2c4ccccc4c4cccc(c42)C3(C)C)C(=O)NC1=S. The molecule has 2 amide bonds. The first-order chi connectivity index (χ1) is 15.3. The maximum atomic E-state index is 12.7. The van der Waals surface area contributed by atoms with Crippen LogP contribution in [0.5, 0.6) is 0 Å². The minimum absolute atomic E-state index is 0.0949. The van der Waals surface area contributed by atoms with Crippen molar-refractivity contribution >= 4 is 68.4 Å². The molecule has 0 radical (unpaired) electrons. The first-order valence-electron chi connectivity index (χ1n) is 10.3. The lowest BCUT2D eigenvalue weighted by molar-refractivity contribution is -0.128. The Balaban J connectivity index is 1.62. The number of thiophene rings is 1. The van der Waals surface area contributed by atoms with Gasteiger partial charge in [0, 0.05) is 28.1 Å². The van der Waals surface area contributed by atoms with Crippen molar-refractivity contribution in [2.24, 2.45) is 0 Å². The summed E-state index contributed by atoms with van der Waals surface area (Å²) in [5, 5.41) is 6.30. The predicted octanol–water partition coefficient (Wildman–Crippen LogP) is 4.74. The summed E-state index contributed by atoms with van der Waals surface area (Å²) in [6, 6.07) is 17.1. The Kier molecular flexibility index (Phi) is 3.86. The summed E-state index contributed by atoms with van der Waals surface area (Å²) in [7, 11) is 1.57. The normalized spacial score (nSPS) is 18.5. The van der Waals surface area contributed by atoms with E-state index in [4.69, 9.17) is 12.2 Å². The van der Waals surface area contributed by atoms with Crippen molar-refractivity contribution in [1.82, 2.24) is 14.8 Å². The zero-order valence-electron chi connectivity index (χ0n) is 17.7. The molecular formula is C25H19N3O2S2. The van der Waals surface area contributed by atoms with Gasteiger partial charge in [-0.2, -0.15) is 0 Å². The van der Waals surface area contributed by atoms with Crippen molar-refractivity contribution < 1.29 is 9.59 Å². The van der Waals surface area contributed by atoms with E-state index in [0.717, 1.165) is 15.4 Å². The molecule has 32 heavy (non-hydrogen) atoms. The highest BCUT2D eigenvalue weighted by molar-refractivity contribution is 7.80. The van der Waals surface area contributed by atoms with Gasteiger partial charge < -0.3 is 4.57 Å². The molecular weight excluding hydrogens is 438 g/mol. The molecule has 1 N–H and O–H groups in total. The monoisotopic (exact) mass is 457 g/mol. The number of para-hydroxylation sites is 2. The van der Waals surface area contributed by atoms with Crippen molar-refractivity contribution in [3.05, 3.63) is 70.1 Å². The smallest absolute Gasteiger partial charge is 0.265 e. The third-order valence-electron chi connectivity index (χ3n) is 6.57. The van der Waals surface area contributed by atoms with Gasteiger partial charge in [-0.25, -0.2) is 0 Å². The molecule has 2 aromatic carbocycles. The predicted molar refractivity (Wildman–Crippen MR) is 132 cm³/mol. The van der Waals surface area contributed by atoms with E-state index in [1.54, 1.807) is 24.5 Å². The van der Waals surface area contributed by atoms with E-state index in [0.29, 0.717) is 0 Å². The van der Waals surface area contributed by atoms with Gasteiger partial charge in [0.2, 0.25) is 0 Å². The van der Waals surface area contributed by atoms with E-state index < -0.39 is 5.91 Å². The van der Waals surface area contributed by atoms with E-state index in [1.807, 2.05) is 0 Å². The topological polar surface area (TPSA) is 54.3 Å². The van der Waals surface area contributed by atoms with Crippen LogP contribution >= 0.6 is 23.6 Å². The molecule has 1 saturated heterocycles. The molecule has 2 aliphatic rings. The van der Waals surface area contributed by atoms with Gasteiger partial charge in [-0.1, -0.05) is 50.2 Å². The van der Waals surface area contributed by atoms with Gasteiger partial charge in [0.25, 0.3) is 11.8 Å². The number of aromatic nitrogens is 1. The lowest BCUT2D eigenvalue weighted by Gasteiger charge is -2.32. The fraction of sp³-hybridized carbons (Fsp3) is 0.160. The second-order valence-electron chi connectivity index (χ2n) is 8.73. The number of thiocarbonyl (C=S) groups is 1. The molecule has 0 spiro atoms. The molecule has 5 nitrogen and oxygen atoms in total. The molecule has 0 saturated carbocycles. The van der Waals surface area contributed by atoms with E-state index >= 15 is 0 Å². The van der Waals surface area contributed by atoms with Crippen molar-refractivity contribution in [1.29, 1.82) is 0 Å². The molecule has 2 aliphatic heterocycles. The van der Waals surface area contributed by atoms with Crippen LogP contribution in [0.3, 0.4) is 0 Å². The minimum atomic E-state index is -0.458. The van der Waals surface area contributed by atoms with Crippen LogP contribution in [0.4, 0.5) is 0 Å². The van der Waals surface area contributed by atoms with Crippen molar-refractivity contribution in [2.75, 3.05) is 7.05 Å². The molecule has 0 unspecified atom stereocenters. The number of likely N-dealkylation sites (N-methyl/N-ethyl adjacent to an activating group) is 1. The number of amides is 2. The Morgan fingerprint density at radius 2 is 1.78 bits per heavy atom. The summed E-state index contributed by atoms with van der Waals surface area (Å²) in [6.07, 6.45) is 1.68. The summed E-state index contributed by atoms with van der Waals surface area (Å²) in [5.41, 5.74) is 4.71. The molecule has 158 valence electrons. The van der Waals surface area contributed by atoms with E-state index in [9.17, 15) is 9.59 Å². The van der Waals surface area contributed by atoms with Crippen molar-refractivity contribution in [3.63, 3.8) is 0 Å². The van der Waals surface area contributed by atoms with E-state index in [1.165, 1.54) is 32.3 Å². The maximum absolute atomic E-state index is 12.7. The molecule has 0 aliphatic carbocycles. The Morgan fingerprint density at radius 3 is 2.59 bits per heavy atom. The third-order valence-corrected chi connectivity index (χ3v) is 8.01. The lowest BCUT2D eigenvalue weighted by atomic mass is 9.76. The number of carbonyl (C=O) groups excluding carboxylic acids is 2. The molecule has 6 rings (SSSR count). The Morgan fingerprint density at radius 1 is 1.03 bits per heavy atom.